The first-order valence-electron chi connectivity index (χ1n) is 6.27. The Morgan fingerprint density at radius 1 is 1.40 bits per heavy atom. The zero-order chi connectivity index (χ0) is 11.1. The zero-order valence-corrected chi connectivity index (χ0v) is 10.1. The Labute approximate surface area is 94.5 Å². The van der Waals surface area contributed by atoms with Gasteiger partial charge in [-0.2, -0.15) is 0 Å². The molecule has 0 aromatic heterocycles. The summed E-state index contributed by atoms with van der Waals surface area (Å²) in [6, 6.07) is 0. The summed E-state index contributed by atoms with van der Waals surface area (Å²) in [6.07, 6.45) is 8.49. The summed E-state index contributed by atoms with van der Waals surface area (Å²) < 4.78 is 0. The largest absolute Gasteiger partial charge is 0.330 e. The highest BCUT2D eigenvalue weighted by Gasteiger charge is 2.26. The minimum Gasteiger partial charge on any atom is -0.330 e. The monoisotopic (exact) mass is 210 g/mol. The van der Waals surface area contributed by atoms with Gasteiger partial charge in [-0.25, -0.2) is 0 Å². The summed E-state index contributed by atoms with van der Waals surface area (Å²) in [5.41, 5.74) is 5.79. The van der Waals surface area contributed by atoms with Crippen LogP contribution in [0.2, 0.25) is 0 Å². The molecular weight excluding hydrogens is 184 g/mol. The van der Waals surface area contributed by atoms with E-state index in [1.807, 2.05) is 6.08 Å². The number of nitrogens with zero attached hydrogens (tertiary/aromatic N) is 1. The van der Waals surface area contributed by atoms with Gasteiger partial charge < -0.3 is 10.6 Å². The van der Waals surface area contributed by atoms with E-state index in [-0.39, 0.29) is 0 Å². The molecule has 2 unspecified atom stereocenters. The van der Waals surface area contributed by atoms with Crippen LogP contribution in [0.15, 0.2) is 12.7 Å². The van der Waals surface area contributed by atoms with Crippen molar-refractivity contribution in [3.05, 3.63) is 12.7 Å². The van der Waals surface area contributed by atoms with Crippen LogP contribution in [0.4, 0.5) is 0 Å². The fourth-order valence-corrected chi connectivity index (χ4v) is 2.66. The van der Waals surface area contributed by atoms with Crippen molar-refractivity contribution >= 4 is 0 Å². The van der Waals surface area contributed by atoms with Crippen LogP contribution in [0, 0.1) is 11.8 Å². The van der Waals surface area contributed by atoms with Crippen LogP contribution in [0.5, 0.6) is 0 Å². The van der Waals surface area contributed by atoms with E-state index in [9.17, 15) is 0 Å². The summed E-state index contributed by atoms with van der Waals surface area (Å²) >= 11 is 0. The third-order valence-corrected chi connectivity index (χ3v) is 3.61. The molecule has 15 heavy (non-hydrogen) atoms. The molecule has 0 bridgehead atoms. The maximum Gasteiger partial charge on any atom is 0.000973 e. The van der Waals surface area contributed by atoms with E-state index >= 15 is 0 Å². The van der Waals surface area contributed by atoms with Crippen molar-refractivity contribution < 1.29 is 0 Å². The lowest BCUT2D eigenvalue weighted by Crippen LogP contribution is -2.31. The Morgan fingerprint density at radius 3 is 2.80 bits per heavy atom. The molecule has 1 saturated carbocycles. The van der Waals surface area contributed by atoms with Crippen LogP contribution in [0.3, 0.4) is 0 Å². The molecule has 0 spiro atoms. The van der Waals surface area contributed by atoms with Crippen LogP contribution in [0.1, 0.15) is 32.1 Å². The third kappa shape index (κ3) is 4.35. The van der Waals surface area contributed by atoms with Gasteiger partial charge in [0.05, 0.1) is 0 Å². The second kappa shape index (κ2) is 7.02. The molecular formula is C13H26N2. The van der Waals surface area contributed by atoms with Crippen LogP contribution in [-0.2, 0) is 0 Å². The van der Waals surface area contributed by atoms with Crippen LogP contribution in [-0.4, -0.2) is 31.6 Å². The highest BCUT2D eigenvalue weighted by Crippen LogP contribution is 2.31. The van der Waals surface area contributed by atoms with E-state index in [1.54, 1.807) is 0 Å². The molecule has 0 heterocycles. The minimum absolute atomic E-state index is 0.784. The average Bonchev–Trinajstić information content (AvgIpc) is 2.65. The Kier molecular flexibility index (Phi) is 5.96. The van der Waals surface area contributed by atoms with Crippen molar-refractivity contribution in [2.45, 2.75) is 32.1 Å². The average molecular weight is 210 g/mol. The Balaban J connectivity index is 2.18. The van der Waals surface area contributed by atoms with E-state index < -0.39 is 0 Å². The Hall–Kier alpha value is -0.340. The smallest absolute Gasteiger partial charge is 0.000973 e. The number of rotatable bonds is 7. The van der Waals surface area contributed by atoms with Gasteiger partial charge in [-0.05, 0) is 57.7 Å². The van der Waals surface area contributed by atoms with E-state index in [1.165, 1.54) is 38.8 Å². The molecule has 0 saturated heterocycles. The van der Waals surface area contributed by atoms with Gasteiger partial charge in [-0.3, -0.25) is 0 Å². The molecule has 2 atom stereocenters. The second-order valence-electron chi connectivity index (χ2n) is 4.88. The fraction of sp³-hybridized carbons (Fsp3) is 0.846. The topological polar surface area (TPSA) is 29.3 Å². The van der Waals surface area contributed by atoms with Crippen molar-refractivity contribution in [3.8, 4) is 0 Å². The quantitative estimate of drug-likeness (QED) is 0.516. The standard InChI is InChI=1S/C13H26N2/c1-3-4-5-9-15(2)11-13-8-6-7-12(13)10-14/h3,12-13H,1,4-11,14H2,2H3. The first kappa shape index (κ1) is 12.7. The number of hydrogen-bond acceptors (Lipinski definition) is 2. The molecule has 1 aliphatic rings. The first-order valence-corrected chi connectivity index (χ1v) is 6.27. The Bertz CT molecular complexity index is 179. The van der Waals surface area contributed by atoms with Crippen molar-refractivity contribution in [2.75, 3.05) is 26.7 Å². The van der Waals surface area contributed by atoms with Gasteiger partial charge in [-0.15, -0.1) is 6.58 Å². The maximum atomic E-state index is 5.79. The highest BCUT2D eigenvalue weighted by atomic mass is 15.1. The van der Waals surface area contributed by atoms with Crippen molar-refractivity contribution in [3.63, 3.8) is 0 Å². The van der Waals surface area contributed by atoms with Gasteiger partial charge >= 0.3 is 0 Å². The number of hydrogen-bond donors (Lipinski definition) is 1. The molecule has 0 amide bonds. The molecule has 2 heteroatoms. The predicted octanol–water partition coefficient (Wildman–Crippen LogP) is 2.26. The van der Waals surface area contributed by atoms with Gasteiger partial charge in [0.25, 0.3) is 0 Å². The molecule has 0 aromatic carbocycles. The van der Waals surface area contributed by atoms with Crippen molar-refractivity contribution in [1.29, 1.82) is 0 Å². The molecule has 0 aromatic rings. The molecule has 2 N–H and O–H groups in total. The molecule has 0 aliphatic heterocycles. The van der Waals surface area contributed by atoms with Crippen molar-refractivity contribution in [1.82, 2.24) is 4.90 Å². The zero-order valence-electron chi connectivity index (χ0n) is 10.1. The van der Waals surface area contributed by atoms with Crippen LogP contribution >= 0.6 is 0 Å². The molecule has 1 fully saturated rings. The normalized spacial score (nSPS) is 26.1. The minimum atomic E-state index is 0.784. The molecule has 88 valence electrons. The second-order valence-corrected chi connectivity index (χ2v) is 4.88. The van der Waals surface area contributed by atoms with Crippen LogP contribution < -0.4 is 5.73 Å². The van der Waals surface area contributed by atoms with Gasteiger partial charge in [0, 0.05) is 6.54 Å². The molecule has 1 rings (SSSR count). The molecule has 0 radical (unpaired) electrons. The number of nitrogens with two attached hydrogens (primary N) is 1. The van der Waals surface area contributed by atoms with E-state index in [0.29, 0.717) is 0 Å². The van der Waals surface area contributed by atoms with E-state index in [4.69, 9.17) is 5.73 Å². The lowest BCUT2D eigenvalue weighted by Gasteiger charge is -2.24. The van der Waals surface area contributed by atoms with Crippen molar-refractivity contribution in [2.24, 2.45) is 17.6 Å². The van der Waals surface area contributed by atoms with Gasteiger partial charge in [0.15, 0.2) is 0 Å². The lowest BCUT2D eigenvalue weighted by atomic mass is 9.96. The summed E-state index contributed by atoms with van der Waals surface area (Å²) in [7, 11) is 2.23. The SMILES string of the molecule is C=CCCCN(C)CC1CCCC1CN. The van der Waals surface area contributed by atoms with Gasteiger partial charge in [0.1, 0.15) is 0 Å². The van der Waals surface area contributed by atoms with Gasteiger partial charge in [-0.1, -0.05) is 12.5 Å². The van der Waals surface area contributed by atoms with Gasteiger partial charge in [0.2, 0.25) is 0 Å². The predicted molar refractivity (Wildman–Crippen MR) is 66.8 cm³/mol. The summed E-state index contributed by atoms with van der Waals surface area (Å²) in [5.74, 6) is 1.63. The van der Waals surface area contributed by atoms with Crippen LogP contribution in [0.25, 0.3) is 0 Å². The maximum absolute atomic E-state index is 5.79. The molecule has 1 aliphatic carbocycles. The summed E-state index contributed by atoms with van der Waals surface area (Å²) in [4.78, 5) is 2.46. The third-order valence-electron chi connectivity index (χ3n) is 3.61. The number of unbranched alkanes of at least 4 members (excludes halogenated alkanes) is 1. The lowest BCUT2D eigenvalue weighted by molar-refractivity contribution is 0.241. The summed E-state index contributed by atoms with van der Waals surface area (Å²) in [6.45, 7) is 7.06. The van der Waals surface area contributed by atoms with E-state index in [2.05, 4.69) is 18.5 Å². The highest BCUT2D eigenvalue weighted by molar-refractivity contribution is 4.80. The first-order chi connectivity index (χ1) is 7.27. The fourth-order valence-electron chi connectivity index (χ4n) is 2.66. The summed E-state index contributed by atoms with van der Waals surface area (Å²) in [5, 5.41) is 0. The number of allylic oxidation sites excluding steroid dienone is 1. The Morgan fingerprint density at radius 2 is 2.13 bits per heavy atom. The molecule has 2 nitrogen and oxygen atoms in total. The van der Waals surface area contributed by atoms with E-state index in [0.717, 1.165) is 24.8 Å².